The summed E-state index contributed by atoms with van der Waals surface area (Å²) in [5, 5.41) is 14.3. The average Bonchev–Trinajstić information content (AvgIpc) is 2.81. The van der Waals surface area contributed by atoms with Crippen molar-refractivity contribution < 1.29 is 14.4 Å². The van der Waals surface area contributed by atoms with E-state index in [1.165, 1.54) is 6.07 Å². The van der Waals surface area contributed by atoms with Gasteiger partial charge in [0.2, 0.25) is 0 Å². The minimum Gasteiger partial charge on any atom is -0.490 e. The second-order valence-corrected chi connectivity index (χ2v) is 6.30. The first-order valence-corrected chi connectivity index (χ1v) is 8.45. The molecule has 0 atom stereocenters. The molecule has 0 saturated carbocycles. The fourth-order valence-corrected chi connectivity index (χ4v) is 3.17. The van der Waals surface area contributed by atoms with Crippen LogP contribution in [0.2, 0.25) is 0 Å². The number of nitrogens with zero attached hydrogens (tertiary/aromatic N) is 1. The minimum atomic E-state index is -0.360. The lowest BCUT2D eigenvalue weighted by molar-refractivity contribution is -0.385. The molecule has 0 aliphatic carbocycles. The van der Waals surface area contributed by atoms with Crippen molar-refractivity contribution in [3.05, 3.63) is 62.1 Å². The molecule has 126 valence electrons. The molecule has 1 aliphatic heterocycles. The molecule has 2 aromatic rings. The molecule has 0 radical (unpaired) electrons. The van der Waals surface area contributed by atoms with Gasteiger partial charge in [0.05, 0.1) is 22.6 Å². The Hall–Kier alpha value is -2.12. The van der Waals surface area contributed by atoms with Gasteiger partial charge in [0.15, 0.2) is 11.5 Å². The van der Waals surface area contributed by atoms with Gasteiger partial charge in [0, 0.05) is 31.1 Å². The number of rotatable bonds is 5. The van der Waals surface area contributed by atoms with Crippen molar-refractivity contribution >= 4 is 21.6 Å². The minimum absolute atomic E-state index is 0.129. The Kier molecular flexibility index (Phi) is 5.32. The molecule has 2 aromatic carbocycles. The van der Waals surface area contributed by atoms with Crippen molar-refractivity contribution in [3.8, 4) is 11.5 Å². The highest BCUT2D eigenvalue weighted by Gasteiger charge is 2.16. The van der Waals surface area contributed by atoms with Crippen molar-refractivity contribution in [1.29, 1.82) is 0 Å². The number of nitro groups is 1. The Bertz CT molecular complexity index is 751. The van der Waals surface area contributed by atoms with Crippen LogP contribution in [0, 0.1) is 10.1 Å². The number of ether oxygens (including phenoxy) is 2. The summed E-state index contributed by atoms with van der Waals surface area (Å²) in [6, 6.07) is 10.7. The second kappa shape index (κ2) is 7.63. The van der Waals surface area contributed by atoms with E-state index in [-0.39, 0.29) is 10.6 Å². The molecule has 0 aromatic heterocycles. The van der Waals surface area contributed by atoms with Crippen LogP contribution in [-0.2, 0) is 13.1 Å². The number of nitrogens with one attached hydrogen (secondary N) is 1. The van der Waals surface area contributed by atoms with Gasteiger partial charge in [0.1, 0.15) is 0 Å². The monoisotopic (exact) mass is 392 g/mol. The fourth-order valence-electron chi connectivity index (χ4n) is 2.57. The van der Waals surface area contributed by atoms with Gasteiger partial charge in [-0.15, -0.1) is 0 Å². The predicted octanol–water partition coefficient (Wildman–Crippen LogP) is 3.81. The number of benzene rings is 2. The first kappa shape index (κ1) is 16.7. The van der Waals surface area contributed by atoms with E-state index in [4.69, 9.17) is 9.47 Å². The molecule has 1 aliphatic rings. The van der Waals surface area contributed by atoms with Gasteiger partial charge in [0.25, 0.3) is 5.69 Å². The Labute approximate surface area is 148 Å². The Morgan fingerprint density at radius 3 is 2.79 bits per heavy atom. The summed E-state index contributed by atoms with van der Waals surface area (Å²) in [5.74, 6) is 1.46. The molecule has 24 heavy (non-hydrogen) atoms. The zero-order valence-corrected chi connectivity index (χ0v) is 14.5. The third-order valence-electron chi connectivity index (χ3n) is 3.69. The molecule has 1 N–H and O–H groups in total. The molecule has 0 amide bonds. The smallest absolute Gasteiger partial charge is 0.273 e. The molecule has 6 nitrogen and oxygen atoms in total. The molecule has 0 saturated heterocycles. The highest BCUT2D eigenvalue weighted by molar-refractivity contribution is 9.10. The van der Waals surface area contributed by atoms with Gasteiger partial charge in [-0.05, 0) is 33.6 Å². The molecular formula is C17H17BrN2O4. The van der Waals surface area contributed by atoms with E-state index in [0.717, 1.165) is 28.0 Å². The topological polar surface area (TPSA) is 73.6 Å². The van der Waals surface area contributed by atoms with Crippen molar-refractivity contribution in [2.24, 2.45) is 0 Å². The van der Waals surface area contributed by atoms with E-state index in [0.29, 0.717) is 31.9 Å². The van der Waals surface area contributed by atoms with E-state index < -0.39 is 0 Å². The van der Waals surface area contributed by atoms with Gasteiger partial charge in [-0.25, -0.2) is 0 Å². The van der Waals surface area contributed by atoms with Gasteiger partial charge < -0.3 is 14.8 Å². The van der Waals surface area contributed by atoms with Crippen LogP contribution < -0.4 is 14.8 Å². The number of hydrogen-bond donors (Lipinski definition) is 1. The zero-order chi connectivity index (χ0) is 16.9. The van der Waals surface area contributed by atoms with Crippen molar-refractivity contribution in [1.82, 2.24) is 5.32 Å². The second-order valence-electron chi connectivity index (χ2n) is 5.44. The molecule has 0 fully saturated rings. The normalized spacial score (nSPS) is 13.4. The average molecular weight is 393 g/mol. The SMILES string of the molecule is O=[N+]([O-])c1ccccc1CNCc1cc(Br)c2c(c1)OCCCO2. The van der Waals surface area contributed by atoms with Crippen LogP contribution in [0.1, 0.15) is 17.5 Å². The first-order chi connectivity index (χ1) is 11.6. The van der Waals surface area contributed by atoms with Crippen LogP contribution >= 0.6 is 15.9 Å². The molecule has 0 bridgehead atoms. The van der Waals surface area contributed by atoms with Gasteiger partial charge in [-0.2, -0.15) is 0 Å². The highest BCUT2D eigenvalue weighted by atomic mass is 79.9. The number of hydrogen-bond acceptors (Lipinski definition) is 5. The maximum atomic E-state index is 11.0. The maximum Gasteiger partial charge on any atom is 0.273 e. The largest absolute Gasteiger partial charge is 0.490 e. The van der Waals surface area contributed by atoms with Crippen LogP contribution in [0.4, 0.5) is 5.69 Å². The Morgan fingerprint density at radius 1 is 1.17 bits per heavy atom. The van der Waals surface area contributed by atoms with Crippen LogP contribution in [0.15, 0.2) is 40.9 Å². The lowest BCUT2D eigenvalue weighted by Gasteiger charge is -2.12. The summed E-state index contributed by atoms with van der Waals surface area (Å²) in [5.41, 5.74) is 1.81. The fraction of sp³-hybridized carbons (Fsp3) is 0.294. The van der Waals surface area contributed by atoms with Crippen molar-refractivity contribution in [3.63, 3.8) is 0 Å². The Balaban J connectivity index is 1.68. The van der Waals surface area contributed by atoms with Gasteiger partial charge in [-0.3, -0.25) is 10.1 Å². The highest BCUT2D eigenvalue weighted by Crippen LogP contribution is 2.38. The van der Waals surface area contributed by atoms with E-state index in [9.17, 15) is 10.1 Å². The third-order valence-corrected chi connectivity index (χ3v) is 4.28. The van der Waals surface area contributed by atoms with Crippen LogP contribution in [-0.4, -0.2) is 18.1 Å². The summed E-state index contributed by atoms with van der Waals surface area (Å²) < 4.78 is 12.2. The Morgan fingerprint density at radius 2 is 1.96 bits per heavy atom. The third kappa shape index (κ3) is 3.85. The molecule has 1 heterocycles. The molecule has 7 heteroatoms. The van der Waals surface area contributed by atoms with Gasteiger partial charge >= 0.3 is 0 Å². The number of para-hydroxylation sites is 1. The zero-order valence-electron chi connectivity index (χ0n) is 13.0. The summed E-state index contributed by atoms with van der Waals surface area (Å²) in [6.07, 6.45) is 0.854. The maximum absolute atomic E-state index is 11.0. The van der Waals surface area contributed by atoms with Crippen LogP contribution in [0.5, 0.6) is 11.5 Å². The number of fused-ring (bicyclic) bond motifs is 1. The number of halogens is 1. The lowest BCUT2D eigenvalue weighted by atomic mass is 10.1. The van der Waals surface area contributed by atoms with Crippen molar-refractivity contribution in [2.45, 2.75) is 19.5 Å². The van der Waals surface area contributed by atoms with E-state index in [2.05, 4.69) is 21.2 Å². The quantitative estimate of drug-likeness (QED) is 0.618. The summed E-state index contributed by atoms with van der Waals surface area (Å²) in [4.78, 5) is 10.7. The molecule has 0 spiro atoms. The standard InChI is InChI=1S/C17H17BrN2O4/c18-14-8-12(9-16-17(14)24-7-3-6-23-16)10-19-11-13-4-1-2-5-15(13)20(21)22/h1-2,4-5,8-9,19H,3,6-7,10-11H2. The molecular weight excluding hydrogens is 376 g/mol. The summed E-state index contributed by atoms with van der Waals surface area (Å²) in [6.45, 7) is 2.26. The van der Waals surface area contributed by atoms with Crippen LogP contribution in [0.25, 0.3) is 0 Å². The van der Waals surface area contributed by atoms with Crippen molar-refractivity contribution in [2.75, 3.05) is 13.2 Å². The first-order valence-electron chi connectivity index (χ1n) is 7.66. The summed E-state index contributed by atoms with van der Waals surface area (Å²) >= 11 is 3.51. The molecule has 0 unspecified atom stereocenters. The van der Waals surface area contributed by atoms with E-state index >= 15 is 0 Å². The predicted molar refractivity (Wildman–Crippen MR) is 93.4 cm³/mol. The van der Waals surface area contributed by atoms with E-state index in [1.54, 1.807) is 18.2 Å². The van der Waals surface area contributed by atoms with E-state index in [1.807, 2.05) is 12.1 Å². The lowest BCUT2D eigenvalue weighted by Crippen LogP contribution is -2.14. The van der Waals surface area contributed by atoms with Gasteiger partial charge in [-0.1, -0.05) is 18.2 Å². The molecule has 3 rings (SSSR count). The summed E-state index contributed by atoms with van der Waals surface area (Å²) in [7, 11) is 0. The van der Waals surface area contributed by atoms with Crippen LogP contribution in [0.3, 0.4) is 0 Å². The number of nitro benzene ring substituents is 1.